The van der Waals surface area contributed by atoms with Crippen LogP contribution in [-0.4, -0.2) is 46.1 Å². The van der Waals surface area contributed by atoms with Crippen LogP contribution >= 0.6 is 0 Å². The van der Waals surface area contributed by atoms with Crippen molar-refractivity contribution < 1.29 is 0 Å². The predicted molar refractivity (Wildman–Crippen MR) is 76.8 cm³/mol. The number of rotatable bonds is 9. The number of nitrogens with zero attached hydrogens (tertiary/aromatic N) is 4. The van der Waals surface area contributed by atoms with Gasteiger partial charge in [-0.05, 0) is 25.8 Å². The molecule has 0 saturated heterocycles. The molecule has 108 valence electrons. The van der Waals surface area contributed by atoms with E-state index in [4.69, 9.17) is 0 Å². The standard InChI is InChI=1S/C14H27N5/c1-4-12(2)10-18(3)7-8-19-11-14(16-17-19)9-15-13-5-6-13/h11-13,15H,4-10H2,1-3H3. The predicted octanol–water partition coefficient (Wildman–Crippen LogP) is 1.51. The summed E-state index contributed by atoms with van der Waals surface area (Å²) in [7, 11) is 2.18. The third-order valence-electron chi connectivity index (χ3n) is 3.77. The van der Waals surface area contributed by atoms with E-state index < -0.39 is 0 Å². The molecule has 5 nitrogen and oxygen atoms in total. The molecule has 0 amide bonds. The SMILES string of the molecule is CCC(C)CN(C)CCn1cc(CNC2CC2)nn1. The third-order valence-corrected chi connectivity index (χ3v) is 3.77. The van der Waals surface area contributed by atoms with Crippen molar-refractivity contribution in [2.24, 2.45) is 5.92 Å². The van der Waals surface area contributed by atoms with Crippen molar-refractivity contribution in [3.8, 4) is 0 Å². The summed E-state index contributed by atoms with van der Waals surface area (Å²) < 4.78 is 1.96. The van der Waals surface area contributed by atoms with Crippen LogP contribution in [0.2, 0.25) is 0 Å². The van der Waals surface area contributed by atoms with E-state index in [2.05, 4.69) is 47.6 Å². The molecule has 19 heavy (non-hydrogen) atoms. The average molecular weight is 265 g/mol. The third kappa shape index (κ3) is 5.28. The van der Waals surface area contributed by atoms with E-state index in [1.165, 1.54) is 19.3 Å². The minimum Gasteiger partial charge on any atom is -0.308 e. The van der Waals surface area contributed by atoms with Crippen molar-refractivity contribution in [2.45, 2.75) is 52.2 Å². The lowest BCUT2D eigenvalue weighted by atomic mass is 10.1. The Bertz CT molecular complexity index is 372. The van der Waals surface area contributed by atoms with Gasteiger partial charge < -0.3 is 10.2 Å². The topological polar surface area (TPSA) is 46.0 Å². The van der Waals surface area contributed by atoms with E-state index in [0.717, 1.165) is 43.8 Å². The molecule has 1 aliphatic rings. The smallest absolute Gasteiger partial charge is 0.0964 e. The number of nitrogens with one attached hydrogen (secondary N) is 1. The Morgan fingerprint density at radius 1 is 1.53 bits per heavy atom. The molecule has 1 heterocycles. The second-order valence-corrected chi connectivity index (χ2v) is 5.90. The maximum Gasteiger partial charge on any atom is 0.0964 e. The molecule has 1 aliphatic carbocycles. The summed E-state index contributed by atoms with van der Waals surface area (Å²) in [5.41, 5.74) is 1.05. The molecule has 5 heteroatoms. The zero-order valence-corrected chi connectivity index (χ0v) is 12.5. The van der Waals surface area contributed by atoms with Gasteiger partial charge in [-0.3, -0.25) is 4.68 Å². The summed E-state index contributed by atoms with van der Waals surface area (Å²) in [5.74, 6) is 0.763. The summed E-state index contributed by atoms with van der Waals surface area (Å²) in [5, 5.41) is 11.8. The molecule has 1 N–H and O–H groups in total. The normalized spacial score (nSPS) is 17.1. The first-order chi connectivity index (χ1) is 9.17. The van der Waals surface area contributed by atoms with Gasteiger partial charge in [0, 0.05) is 31.9 Å². The fraction of sp³-hybridized carbons (Fsp3) is 0.857. The number of aromatic nitrogens is 3. The summed E-state index contributed by atoms with van der Waals surface area (Å²) in [6, 6.07) is 0.729. The van der Waals surface area contributed by atoms with Gasteiger partial charge in [-0.2, -0.15) is 0 Å². The van der Waals surface area contributed by atoms with Gasteiger partial charge in [-0.25, -0.2) is 0 Å². The lowest BCUT2D eigenvalue weighted by Gasteiger charge is -2.19. The molecule has 0 aromatic carbocycles. The number of likely N-dealkylation sites (N-methyl/N-ethyl adjacent to an activating group) is 1. The molecular weight excluding hydrogens is 238 g/mol. The van der Waals surface area contributed by atoms with Crippen molar-refractivity contribution in [3.05, 3.63) is 11.9 Å². The van der Waals surface area contributed by atoms with Gasteiger partial charge in [0.2, 0.25) is 0 Å². The summed E-state index contributed by atoms with van der Waals surface area (Å²) >= 11 is 0. The van der Waals surface area contributed by atoms with Crippen LogP contribution in [0.15, 0.2) is 6.20 Å². The lowest BCUT2D eigenvalue weighted by Crippen LogP contribution is -2.28. The van der Waals surface area contributed by atoms with E-state index in [9.17, 15) is 0 Å². The molecule has 1 aromatic heterocycles. The van der Waals surface area contributed by atoms with Crippen molar-refractivity contribution in [1.29, 1.82) is 0 Å². The van der Waals surface area contributed by atoms with Crippen molar-refractivity contribution in [3.63, 3.8) is 0 Å². The van der Waals surface area contributed by atoms with Gasteiger partial charge in [0.15, 0.2) is 0 Å². The van der Waals surface area contributed by atoms with Gasteiger partial charge in [-0.15, -0.1) is 5.10 Å². The molecule has 1 atom stereocenters. The minimum atomic E-state index is 0.729. The van der Waals surface area contributed by atoms with Gasteiger partial charge in [0.1, 0.15) is 0 Å². The molecule has 0 bridgehead atoms. The van der Waals surface area contributed by atoms with Crippen LogP contribution in [0.25, 0.3) is 0 Å². The second-order valence-electron chi connectivity index (χ2n) is 5.90. The van der Waals surface area contributed by atoms with Crippen LogP contribution in [0.3, 0.4) is 0 Å². The monoisotopic (exact) mass is 265 g/mol. The van der Waals surface area contributed by atoms with Crippen LogP contribution in [0.5, 0.6) is 0 Å². The van der Waals surface area contributed by atoms with Crippen molar-refractivity contribution in [2.75, 3.05) is 20.1 Å². The molecule has 1 fully saturated rings. The highest BCUT2D eigenvalue weighted by atomic mass is 15.4. The van der Waals surface area contributed by atoms with Gasteiger partial charge in [0.05, 0.1) is 12.2 Å². The van der Waals surface area contributed by atoms with Gasteiger partial charge in [-0.1, -0.05) is 25.5 Å². The largest absolute Gasteiger partial charge is 0.308 e. The molecule has 1 unspecified atom stereocenters. The Hall–Kier alpha value is -0.940. The maximum atomic E-state index is 4.20. The second kappa shape index (κ2) is 7.01. The van der Waals surface area contributed by atoms with Crippen molar-refractivity contribution >= 4 is 0 Å². The van der Waals surface area contributed by atoms with E-state index in [1.807, 2.05) is 4.68 Å². The van der Waals surface area contributed by atoms with Crippen LogP contribution in [0.1, 0.15) is 38.8 Å². The van der Waals surface area contributed by atoms with Crippen LogP contribution in [0.4, 0.5) is 0 Å². The molecule has 0 radical (unpaired) electrons. The Morgan fingerprint density at radius 2 is 2.32 bits per heavy atom. The van der Waals surface area contributed by atoms with Crippen LogP contribution < -0.4 is 5.32 Å². The molecule has 1 saturated carbocycles. The first-order valence-corrected chi connectivity index (χ1v) is 7.48. The highest BCUT2D eigenvalue weighted by Gasteiger charge is 2.20. The van der Waals surface area contributed by atoms with Crippen LogP contribution in [0, 0.1) is 5.92 Å². The average Bonchev–Trinajstić information content (AvgIpc) is 3.12. The zero-order valence-electron chi connectivity index (χ0n) is 12.5. The van der Waals surface area contributed by atoms with E-state index >= 15 is 0 Å². The highest BCUT2D eigenvalue weighted by Crippen LogP contribution is 2.18. The van der Waals surface area contributed by atoms with E-state index in [-0.39, 0.29) is 0 Å². The van der Waals surface area contributed by atoms with E-state index in [1.54, 1.807) is 0 Å². The maximum absolute atomic E-state index is 4.20. The summed E-state index contributed by atoms with van der Waals surface area (Å²) in [6.07, 6.45) is 5.93. The zero-order chi connectivity index (χ0) is 13.7. The Morgan fingerprint density at radius 3 is 3.00 bits per heavy atom. The fourth-order valence-electron chi connectivity index (χ4n) is 2.09. The minimum absolute atomic E-state index is 0.729. The quantitative estimate of drug-likeness (QED) is 0.735. The Balaban J connectivity index is 1.67. The first kappa shape index (κ1) is 14.5. The summed E-state index contributed by atoms with van der Waals surface area (Å²) in [4.78, 5) is 2.37. The summed E-state index contributed by atoms with van der Waals surface area (Å²) in [6.45, 7) is 8.50. The Labute approximate surface area is 116 Å². The van der Waals surface area contributed by atoms with E-state index in [0.29, 0.717) is 0 Å². The molecule has 0 aliphatic heterocycles. The fourth-order valence-corrected chi connectivity index (χ4v) is 2.09. The molecular formula is C14H27N5. The van der Waals surface area contributed by atoms with Gasteiger partial charge in [0.25, 0.3) is 0 Å². The highest BCUT2D eigenvalue weighted by molar-refractivity contribution is 4.94. The molecule has 0 spiro atoms. The molecule has 1 aromatic rings. The Kier molecular flexibility index (Phi) is 5.34. The van der Waals surface area contributed by atoms with Crippen LogP contribution in [-0.2, 0) is 13.1 Å². The first-order valence-electron chi connectivity index (χ1n) is 7.48. The van der Waals surface area contributed by atoms with Crippen molar-refractivity contribution in [1.82, 2.24) is 25.2 Å². The number of hydrogen-bond acceptors (Lipinski definition) is 4. The number of hydrogen-bond donors (Lipinski definition) is 1. The molecule has 2 rings (SSSR count). The van der Waals surface area contributed by atoms with Gasteiger partial charge >= 0.3 is 0 Å². The lowest BCUT2D eigenvalue weighted by molar-refractivity contribution is 0.267.